The Hall–Kier alpha value is -2.72. The number of hydrogen-bond acceptors (Lipinski definition) is 4. The summed E-state index contributed by atoms with van der Waals surface area (Å²) in [5.41, 5.74) is -1.10. The maximum Gasteiger partial charge on any atom is 0.418 e. The highest BCUT2D eigenvalue weighted by atomic mass is 32.2. The van der Waals surface area contributed by atoms with Gasteiger partial charge in [-0.1, -0.05) is 54.3 Å². The van der Waals surface area contributed by atoms with Crippen LogP contribution in [0.5, 0.6) is 0 Å². The largest absolute Gasteiger partial charge is 0.418 e. The fourth-order valence-electron chi connectivity index (χ4n) is 2.69. The van der Waals surface area contributed by atoms with Crippen LogP contribution >= 0.6 is 24.0 Å². The number of thiocarbonyl (C=S) groups is 1. The average Bonchev–Trinajstić information content (AvgIpc) is 2.94. The first-order valence-corrected chi connectivity index (χ1v) is 9.85. The molecule has 2 aromatic rings. The Bertz CT molecular complexity index is 1040. The van der Waals surface area contributed by atoms with Crippen molar-refractivity contribution in [1.82, 2.24) is 4.90 Å². The molecule has 1 aliphatic rings. The summed E-state index contributed by atoms with van der Waals surface area (Å²) < 4.78 is 53.1. The first-order chi connectivity index (χ1) is 14.2. The summed E-state index contributed by atoms with van der Waals surface area (Å²) in [7, 11) is 0. The second kappa shape index (κ2) is 8.97. The van der Waals surface area contributed by atoms with Crippen LogP contribution in [0.25, 0.3) is 6.08 Å². The van der Waals surface area contributed by atoms with E-state index in [0.29, 0.717) is 0 Å². The van der Waals surface area contributed by atoms with E-state index in [4.69, 9.17) is 12.2 Å². The second-order valence-electron chi connectivity index (χ2n) is 6.20. The van der Waals surface area contributed by atoms with E-state index in [1.807, 2.05) is 0 Å². The first-order valence-electron chi connectivity index (χ1n) is 8.63. The van der Waals surface area contributed by atoms with Gasteiger partial charge in [0, 0.05) is 18.5 Å². The summed E-state index contributed by atoms with van der Waals surface area (Å²) in [6.45, 7) is -0.112. The lowest BCUT2D eigenvalue weighted by Gasteiger charge is -2.16. The molecule has 1 aliphatic heterocycles. The van der Waals surface area contributed by atoms with Crippen molar-refractivity contribution in [2.45, 2.75) is 12.6 Å². The van der Waals surface area contributed by atoms with E-state index < -0.39 is 29.4 Å². The third-order valence-electron chi connectivity index (χ3n) is 4.13. The van der Waals surface area contributed by atoms with Crippen LogP contribution in [-0.2, 0) is 15.8 Å². The minimum Gasteiger partial charge on any atom is -0.325 e. The lowest BCUT2D eigenvalue weighted by molar-refractivity contribution is -0.137. The lowest BCUT2D eigenvalue weighted by atomic mass is 10.1. The zero-order valence-corrected chi connectivity index (χ0v) is 16.8. The van der Waals surface area contributed by atoms with Crippen LogP contribution in [0.4, 0.5) is 23.2 Å². The Morgan fingerprint density at radius 3 is 2.50 bits per heavy atom. The van der Waals surface area contributed by atoms with E-state index in [-0.39, 0.29) is 33.4 Å². The molecule has 0 radical (unpaired) electrons. The zero-order chi connectivity index (χ0) is 21.9. The lowest BCUT2D eigenvalue weighted by Crippen LogP contribution is -2.31. The average molecular weight is 454 g/mol. The van der Waals surface area contributed by atoms with Crippen LogP contribution < -0.4 is 5.32 Å². The number of nitrogens with zero attached hydrogens (tertiary/aromatic N) is 1. The predicted octanol–water partition coefficient (Wildman–Crippen LogP) is 5.07. The fraction of sp³-hybridized carbons (Fsp3) is 0.150. The van der Waals surface area contributed by atoms with Crippen molar-refractivity contribution in [3.63, 3.8) is 0 Å². The molecule has 0 aliphatic carbocycles. The van der Waals surface area contributed by atoms with E-state index in [2.05, 4.69) is 5.32 Å². The molecule has 0 saturated carbocycles. The van der Waals surface area contributed by atoms with E-state index >= 15 is 0 Å². The van der Waals surface area contributed by atoms with E-state index in [0.717, 1.165) is 23.9 Å². The van der Waals surface area contributed by atoms with Gasteiger partial charge in [0.15, 0.2) is 0 Å². The molecule has 1 saturated heterocycles. The van der Waals surface area contributed by atoms with Gasteiger partial charge in [0.2, 0.25) is 5.91 Å². The number of carbonyl (C=O) groups is 2. The molecule has 0 aromatic heterocycles. The number of nitrogens with one attached hydrogen (secondary N) is 1. The Balaban J connectivity index is 1.65. The monoisotopic (exact) mass is 454 g/mol. The van der Waals surface area contributed by atoms with Crippen molar-refractivity contribution in [1.29, 1.82) is 0 Å². The smallest absolute Gasteiger partial charge is 0.325 e. The number of alkyl halides is 3. The van der Waals surface area contributed by atoms with Gasteiger partial charge in [0.05, 0.1) is 16.2 Å². The Morgan fingerprint density at radius 1 is 1.13 bits per heavy atom. The van der Waals surface area contributed by atoms with Crippen LogP contribution in [0, 0.1) is 5.82 Å². The molecule has 1 N–H and O–H groups in total. The van der Waals surface area contributed by atoms with Gasteiger partial charge < -0.3 is 5.32 Å². The number of carbonyl (C=O) groups excluding carboxylic acids is 2. The minimum absolute atomic E-state index is 0.112. The van der Waals surface area contributed by atoms with Gasteiger partial charge in [-0.25, -0.2) is 4.39 Å². The van der Waals surface area contributed by atoms with Gasteiger partial charge in [-0.15, -0.1) is 0 Å². The SMILES string of the molecule is O=C(CCN1C(=O)/C(=C/c2ccccc2F)SC1=S)Nc1ccccc1C(F)(F)F. The quantitative estimate of drug-likeness (QED) is 0.389. The van der Waals surface area contributed by atoms with E-state index in [9.17, 15) is 27.2 Å². The number of benzene rings is 2. The van der Waals surface area contributed by atoms with Crippen LogP contribution in [0.3, 0.4) is 0 Å². The molecule has 0 atom stereocenters. The van der Waals surface area contributed by atoms with Gasteiger partial charge in [-0.3, -0.25) is 14.5 Å². The molecule has 2 aromatic carbocycles. The van der Waals surface area contributed by atoms with Crippen molar-refractivity contribution in [2.24, 2.45) is 0 Å². The first kappa shape index (κ1) is 22.0. The number of halogens is 4. The predicted molar refractivity (Wildman–Crippen MR) is 111 cm³/mol. The number of para-hydroxylation sites is 1. The van der Waals surface area contributed by atoms with Crippen LogP contribution in [0.1, 0.15) is 17.5 Å². The third-order valence-corrected chi connectivity index (χ3v) is 5.51. The van der Waals surface area contributed by atoms with Gasteiger partial charge in [0.1, 0.15) is 10.1 Å². The van der Waals surface area contributed by atoms with Crippen LogP contribution in [0.2, 0.25) is 0 Å². The summed E-state index contributed by atoms with van der Waals surface area (Å²) in [6, 6.07) is 10.5. The van der Waals surface area contributed by atoms with Gasteiger partial charge >= 0.3 is 6.18 Å². The number of amides is 2. The van der Waals surface area contributed by atoms with Gasteiger partial charge in [0.25, 0.3) is 5.91 Å². The molecule has 0 unspecified atom stereocenters. The number of thioether (sulfide) groups is 1. The minimum atomic E-state index is -4.61. The number of anilines is 1. The van der Waals surface area contributed by atoms with Crippen molar-refractivity contribution in [2.75, 3.05) is 11.9 Å². The van der Waals surface area contributed by atoms with Gasteiger partial charge in [-0.2, -0.15) is 13.2 Å². The maximum atomic E-state index is 13.8. The molecule has 10 heteroatoms. The molecule has 156 valence electrons. The normalized spacial score (nSPS) is 15.7. The molecule has 0 spiro atoms. The molecular weight excluding hydrogens is 440 g/mol. The molecule has 1 heterocycles. The maximum absolute atomic E-state index is 13.8. The second-order valence-corrected chi connectivity index (χ2v) is 7.87. The summed E-state index contributed by atoms with van der Waals surface area (Å²) >= 11 is 6.12. The topological polar surface area (TPSA) is 49.4 Å². The summed E-state index contributed by atoms with van der Waals surface area (Å²) in [5.74, 6) is -1.68. The van der Waals surface area contributed by atoms with Gasteiger partial charge in [-0.05, 0) is 24.3 Å². The van der Waals surface area contributed by atoms with Crippen molar-refractivity contribution < 1.29 is 27.2 Å². The van der Waals surface area contributed by atoms with E-state index in [1.54, 1.807) is 6.07 Å². The Kier molecular flexibility index (Phi) is 6.57. The molecule has 4 nitrogen and oxygen atoms in total. The summed E-state index contributed by atoms with van der Waals surface area (Å²) in [4.78, 5) is 26.1. The van der Waals surface area contributed by atoms with Crippen molar-refractivity contribution in [3.05, 3.63) is 70.4 Å². The molecule has 30 heavy (non-hydrogen) atoms. The van der Waals surface area contributed by atoms with Crippen LogP contribution in [0.15, 0.2) is 53.4 Å². The van der Waals surface area contributed by atoms with Crippen LogP contribution in [-0.4, -0.2) is 27.6 Å². The molecular formula is C20H14F4N2O2S2. The number of rotatable bonds is 5. The standard InChI is InChI=1S/C20H14F4N2O2S2/c21-14-7-3-1-5-12(14)11-16-18(28)26(19(29)30-16)10-9-17(27)25-15-8-4-2-6-13(15)20(22,23)24/h1-8,11H,9-10H2,(H,25,27)/b16-11-. The summed E-state index contributed by atoms with van der Waals surface area (Å²) in [6.07, 6.45) is -3.50. The van der Waals surface area contributed by atoms with Crippen molar-refractivity contribution in [3.8, 4) is 0 Å². The Labute approximate surface area is 178 Å². The highest BCUT2D eigenvalue weighted by molar-refractivity contribution is 8.26. The molecule has 0 bridgehead atoms. The number of hydrogen-bond donors (Lipinski definition) is 1. The fourth-order valence-corrected chi connectivity index (χ4v) is 3.99. The molecule has 1 fully saturated rings. The van der Waals surface area contributed by atoms with E-state index in [1.165, 1.54) is 41.3 Å². The molecule has 3 rings (SSSR count). The highest BCUT2D eigenvalue weighted by Crippen LogP contribution is 2.35. The van der Waals surface area contributed by atoms with Crippen molar-refractivity contribution >= 4 is 51.9 Å². The highest BCUT2D eigenvalue weighted by Gasteiger charge is 2.34. The summed E-state index contributed by atoms with van der Waals surface area (Å²) in [5, 5.41) is 2.22. The Morgan fingerprint density at radius 2 is 1.80 bits per heavy atom. The zero-order valence-electron chi connectivity index (χ0n) is 15.2. The third kappa shape index (κ3) is 5.06. The molecule has 2 amide bonds.